The van der Waals surface area contributed by atoms with Gasteiger partial charge < -0.3 is 0 Å². The molecule has 4 nitrogen and oxygen atoms in total. The third-order valence-electron chi connectivity index (χ3n) is 1.62. The Morgan fingerprint density at radius 3 is 1.87 bits per heavy atom. The molecule has 0 heterocycles. The van der Waals surface area contributed by atoms with Gasteiger partial charge in [-0.05, 0) is 0 Å². The fourth-order valence-electron chi connectivity index (χ4n) is 1.07. The average molecular weight is 400 g/mol. The summed E-state index contributed by atoms with van der Waals surface area (Å²) in [7, 11) is 0. The number of carbonyl (C=O) groups is 2. The molecular formula is C10H11O4Tl. The van der Waals surface area contributed by atoms with E-state index >= 15 is 0 Å². The van der Waals surface area contributed by atoms with Crippen LogP contribution in [0.15, 0.2) is 30.3 Å². The molecule has 0 aliphatic rings. The van der Waals surface area contributed by atoms with E-state index in [0.29, 0.717) is 0 Å². The summed E-state index contributed by atoms with van der Waals surface area (Å²) in [6, 6.07) is 9.15. The van der Waals surface area contributed by atoms with E-state index in [1.165, 1.54) is 13.8 Å². The molecule has 5 heteroatoms. The first-order chi connectivity index (χ1) is 7.09. The van der Waals surface area contributed by atoms with Crippen molar-refractivity contribution in [1.29, 1.82) is 0 Å². The Labute approximate surface area is 97.6 Å². The topological polar surface area (TPSA) is 52.6 Å². The van der Waals surface area contributed by atoms with E-state index in [2.05, 4.69) is 0 Å². The Balaban J connectivity index is 2.81. The molecule has 0 aromatic heterocycles. The molecule has 1 rings (SSSR count). The van der Waals surface area contributed by atoms with Crippen molar-refractivity contribution in [2.75, 3.05) is 0 Å². The maximum atomic E-state index is 10.9. The van der Waals surface area contributed by atoms with Gasteiger partial charge >= 0.3 is 97.8 Å². The van der Waals surface area contributed by atoms with Gasteiger partial charge in [-0.1, -0.05) is 0 Å². The summed E-state index contributed by atoms with van der Waals surface area (Å²) in [5.41, 5.74) is 0. The van der Waals surface area contributed by atoms with Crippen molar-refractivity contribution in [2.24, 2.45) is 0 Å². The predicted octanol–water partition coefficient (Wildman–Crippen LogP) is 0.508. The van der Waals surface area contributed by atoms with Crippen molar-refractivity contribution in [3.05, 3.63) is 30.3 Å². The van der Waals surface area contributed by atoms with E-state index in [-0.39, 0.29) is 0 Å². The van der Waals surface area contributed by atoms with Crippen molar-refractivity contribution in [3.63, 3.8) is 0 Å². The minimum absolute atomic E-state index is 0.397. The zero-order valence-electron chi connectivity index (χ0n) is 8.60. The maximum absolute atomic E-state index is 10.9. The van der Waals surface area contributed by atoms with Crippen molar-refractivity contribution in [2.45, 2.75) is 13.8 Å². The normalized spacial score (nSPS) is 9.20. The van der Waals surface area contributed by atoms with E-state index in [4.69, 9.17) is 5.37 Å². The van der Waals surface area contributed by atoms with Gasteiger partial charge in [-0.15, -0.1) is 0 Å². The second-order valence-electron chi connectivity index (χ2n) is 2.96. The third-order valence-corrected chi connectivity index (χ3v) is 9.48. The molecule has 78 valence electrons. The van der Waals surface area contributed by atoms with Crippen LogP contribution in [0.3, 0.4) is 0 Å². The first-order valence-electron chi connectivity index (χ1n) is 4.49. The molecule has 0 saturated heterocycles. The van der Waals surface area contributed by atoms with Gasteiger partial charge in [-0.2, -0.15) is 0 Å². The Hall–Kier alpha value is -0.918. The summed E-state index contributed by atoms with van der Waals surface area (Å²) in [5.74, 6) is -0.793. The molecule has 0 aliphatic heterocycles. The molecule has 15 heavy (non-hydrogen) atoms. The quantitative estimate of drug-likeness (QED) is 0.695. The summed E-state index contributed by atoms with van der Waals surface area (Å²) < 4.78 is 11.0. The molecule has 0 bridgehead atoms. The molecule has 0 fully saturated rings. The molecule has 1 aromatic rings. The van der Waals surface area contributed by atoms with Crippen LogP contribution >= 0.6 is 0 Å². The number of benzene rings is 1. The van der Waals surface area contributed by atoms with Crippen molar-refractivity contribution in [1.82, 2.24) is 0 Å². The van der Waals surface area contributed by atoms with Crippen LogP contribution in [0, 0.1) is 0 Å². The Morgan fingerprint density at radius 2 is 1.47 bits per heavy atom. The second kappa shape index (κ2) is 5.84. The first-order valence-corrected chi connectivity index (χ1v) is 10.4. The summed E-state index contributed by atoms with van der Waals surface area (Å²) >= 11 is -3.28. The van der Waals surface area contributed by atoms with Gasteiger partial charge in [0.05, 0.1) is 0 Å². The molecule has 1 aromatic carbocycles. The van der Waals surface area contributed by atoms with Gasteiger partial charge in [-0.25, -0.2) is 0 Å². The summed E-state index contributed by atoms with van der Waals surface area (Å²) in [5, 5.41) is 0. The summed E-state index contributed by atoms with van der Waals surface area (Å²) in [4.78, 5) is 21.7. The molecule has 0 saturated carbocycles. The van der Waals surface area contributed by atoms with Gasteiger partial charge in [-0.3, -0.25) is 0 Å². The third kappa shape index (κ3) is 4.41. The summed E-state index contributed by atoms with van der Waals surface area (Å²) in [6.45, 7) is 2.64. The molecular weight excluding hydrogens is 388 g/mol. The van der Waals surface area contributed by atoms with Gasteiger partial charge in [0.1, 0.15) is 0 Å². The molecule has 0 N–H and O–H groups in total. The van der Waals surface area contributed by atoms with Crippen LogP contribution in [0.1, 0.15) is 13.8 Å². The zero-order valence-corrected chi connectivity index (χ0v) is 13.1. The molecule has 0 aliphatic carbocycles. The minimum atomic E-state index is -3.28. The molecule has 0 radical (unpaired) electrons. The van der Waals surface area contributed by atoms with Crippen molar-refractivity contribution >= 4 is 38.7 Å². The monoisotopic (exact) mass is 400 g/mol. The van der Waals surface area contributed by atoms with Gasteiger partial charge in [0.15, 0.2) is 0 Å². The number of hydrogen-bond donors (Lipinski definition) is 0. The van der Waals surface area contributed by atoms with Crippen LogP contribution < -0.4 is 3.12 Å². The predicted molar refractivity (Wildman–Crippen MR) is 55.4 cm³/mol. The van der Waals surface area contributed by atoms with E-state index in [0.717, 1.165) is 3.12 Å². The fourth-order valence-corrected chi connectivity index (χ4v) is 6.75. The van der Waals surface area contributed by atoms with Crippen LogP contribution in [0.5, 0.6) is 0 Å². The number of rotatable bonds is 3. The Bertz CT molecular complexity index is 334. The molecule has 0 unspecified atom stereocenters. The number of hydrogen-bond acceptors (Lipinski definition) is 4. The fraction of sp³-hybridized carbons (Fsp3) is 0.200. The SMILES string of the molecule is CC(=O)[O][Tl]([O]C(C)=O)[c]1ccccc1. The van der Waals surface area contributed by atoms with Crippen molar-refractivity contribution < 1.29 is 15.0 Å². The van der Waals surface area contributed by atoms with E-state index in [9.17, 15) is 9.59 Å². The second-order valence-corrected chi connectivity index (χ2v) is 9.97. The van der Waals surface area contributed by atoms with E-state index in [1.807, 2.05) is 30.3 Å². The van der Waals surface area contributed by atoms with Gasteiger partial charge in [0.25, 0.3) is 0 Å². The van der Waals surface area contributed by atoms with Crippen LogP contribution in [-0.2, 0) is 15.0 Å². The average Bonchev–Trinajstić information content (AvgIpc) is 2.17. The number of carbonyl (C=O) groups excluding carboxylic acids is 2. The standard InChI is InChI=1S/C6H5.2C2H4O2.Tl/c1-2-4-6-5-3-1;2*1-2(3)4;/h1-5H;2*1H3,(H,3,4);/q;;;+2/p-2. The molecule has 0 spiro atoms. The van der Waals surface area contributed by atoms with E-state index < -0.39 is 35.5 Å². The van der Waals surface area contributed by atoms with Crippen molar-refractivity contribution in [3.8, 4) is 0 Å². The van der Waals surface area contributed by atoms with Crippen LogP contribution in [0.25, 0.3) is 0 Å². The van der Waals surface area contributed by atoms with Crippen LogP contribution in [0.2, 0.25) is 0 Å². The van der Waals surface area contributed by atoms with Gasteiger partial charge in [0.2, 0.25) is 0 Å². The van der Waals surface area contributed by atoms with E-state index in [1.54, 1.807) is 0 Å². The van der Waals surface area contributed by atoms with Crippen LogP contribution in [-0.4, -0.2) is 35.5 Å². The summed E-state index contributed by atoms with van der Waals surface area (Å²) in [6.07, 6.45) is 0. The zero-order chi connectivity index (χ0) is 11.3. The Morgan fingerprint density at radius 1 is 1.00 bits per heavy atom. The first kappa shape index (κ1) is 12.2. The Kier molecular flexibility index (Phi) is 4.73. The van der Waals surface area contributed by atoms with Gasteiger partial charge in [0, 0.05) is 0 Å². The molecule has 0 atom stereocenters. The molecule has 0 amide bonds. The van der Waals surface area contributed by atoms with Crippen LogP contribution in [0.4, 0.5) is 0 Å².